The molecule has 0 radical (unpaired) electrons. The maximum atomic E-state index is 14.0. The van der Waals surface area contributed by atoms with Crippen molar-refractivity contribution in [2.45, 2.75) is 63.8 Å². The highest BCUT2D eigenvalue weighted by atomic mass is 31.1. The second-order valence-electron chi connectivity index (χ2n) is 10.8. The molecule has 3 N–H and O–H groups in total. The van der Waals surface area contributed by atoms with Gasteiger partial charge in [-0.2, -0.15) is 18.2 Å². The maximum absolute atomic E-state index is 14.0. The Kier molecular flexibility index (Phi) is 9.29. The molecule has 1 aliphatic heterocycles. The minimum absolute atomic E-state index is 0.0554. The van der Waals surface area contributed by atoms with Gasteiger partial charge in [0.15, 0.2) is 6.16 Å². The lowest BCUT2D eigenvalue weighted by Crippen LogP contribution is -2.18. The number of hydrogen-bond acceptors (Lipinski definition) is 8. The van der Waals surface area contributed by atoms with Gasteiger partial charge in [-0.1, -0.05) is 18.2 Å². The van der Waals surface area contributed by atoms with Crippen molar-refractivity contribution in [1.29, 1.82) is 0 Å². The molecule has 1 aromatic heterocycles. The van der Waals surface area contributed by atoms with E-state index in [4.69, 9.17) is 4.52 Å². The molecule has 1 unspecified atom stereocenters. The Balaban J connectivity index is 1.40. The van der Waals surface area contributed by atoms with Crippen LogP contribution in [0.2, 0.25) is 0 Å². The number of alkyl halides is 3. The van der Waals surface area contributed by atoms with E-state index in [1.807, 2.05) is 18.2 Å². The Bertz CT molecular complexity index is 1490. The van der Waals surface area contributed by atoms with E-state index in [9.17, 15) is 27.6 Å². The number of anilines is 4. The Labute approximate surface area is 248 Å². The highest BCUT2D eigenvalue weighted by Crippen LogP contribution is 2.42. The van der Waals surface area contributed by atoms with Gasteiger partial charge in [-0.3, -0.25) is 4.79 Å². The summed E-state index contributed by atoms with van der Waals surface area (Å²) in [6.07, 6.45) is -0.493. The third kappa shape index (κ3) is 7.14. The number of nitrogens with one attached hydrogen (secondary N) is 2. The smallest absolute Gasteiger partial charge is 0.393 e. The first-order chi connectivity index (χ1) is 20.5. The Hall–Kier alpha value is -3.60. The zero-order valence-electron chi connectivity index (χ0n) is 23.9. The normalized spacial score (nSPS) is 18.9. The molecule has 43 heavy (non-hydrogen) atoms. The van der Waals surface area contributed by atoms with Gasteiger partial charge >= 0.3 is 14.2 Å². The van der Waals surface area contributed by atoms with Crippen molar-refractivity contribution in [1.82, 2.24) is 14.9 Å². The quantitative estimate of drug-likeness (QED) is 0.211. The van der Waals surface area contributed by atoms with Gasteiger partial charge in [0.2, 0.25) is 5.95 Å². The number of benzene rings is 2. The van der Waals surface area contributed by atoms with Gasteiger partial charge in [0.05, 0.1) is 24.0 Å². The molecule has 1 aliphatic carbocycles. The van der Waals surface area contributed by atoms with Gasteiger partial charge in [0.1, 0.15) is 11.4 Å². The van der Waals surface area contributed by atoms with Crippen LogP contribution in [-0.4, -0.2) is 51.8 Å². The monoisotopic (exact) mass is 616 g/mol. The lowest BCUT2D eigenvalue weighted by molar-refractivity contribution is -0.137. The number of aryl methyl sites for hydroxylation is 1. The molecule has 13 heteroatoms. The third-order valence-electron chi connectivity index (χ3n) is 7.85. The molecule has 1 atom stereocenters. The number of hydrogen-bond donors (Lipinski definition) is 3. The van der Waals surface area contributed by atoms with Gasteiger partial charge < -0.3 is 20.6 Å². The lowest BCUT2D eigenvalue weighted by Gasteiger charge is -2.27. The number of aromatic nitrogens is 2. The summed E-state index contributed by atoms with van der Waals surface area (Å²) in [5.41, 5.74) is 2.81. The third-order valence-corrected chi connectivity index (χ3v) is 8.99. The molecular formula is C30H34F3N5O4P+. The first-order valence-corrected chi connectivity index (χ1v) is 15.6. The second kappa shape index (κ2) is 13.0. The fraction of sp³-hybridized carbons (Fsp3) is 0.433. The number of fused-ring (bicyclic) bond motifs is 1. The van der Waals surface area contributed by atoms with Crippen molar-refractivity contribution in [3.8, 4) is 0 Å². The number of halogens is 3. The van der Waals surface area contributed by atoms with Crippen molar-refractivity contribution < 1.29 is 32.2 Å². The highest BCUT2D eigenvalue weighted by molar-refractivity contribution is 7.39. The fourth-order valence-electron chi connectivity index (χ4n) is 5.64. The molecule has 0 bridgehead atoms. The van der Waals surface area contributed by atoms with Crippen LogP contribution in [-0.2, 0) is 28.2 Å². The number of rotatable bonds is 10. The first kappa shape index (κ1) is 30.8. The van der Waals surface area contributed by atoms with Gasteiger partial charge in [0, 0.05) is 31.9 Å². The summed E-state index contributed by atoms with van der Waals surface area (Å²) in [6.45, 7) is 2.53. The zero-order valence-corrected chi connectivity index (χ0v) is 24.8. The van der Waals surface area contributed by atoms with Crippen LogP contribution in [0.5, 0.6) is 0 Å². The minimum atomic E-state index is -4.74. The van der Waals surface area contributed by atoms with Gasteiger partial charge in [-0.05, 0) is 78.0 Å². The summed E-state index contributed by atoms with van der Waals surface area (Å²) < 4.78 is 58.9. The predicted molar refractivity (Wildman–Crippen MR) is 157 cm³/mol. The lowest BCUT2D eigenvalue weighted by atomic mass is 9.80. The summed E-state index contributed by atoms with van der Waals surface area (Å²) >= 11 is 0. The van der Waals surface area contributed by atoms with E-state index in [0.29, 0.717) is 56.0 Å². The first-order valence-electron chi connectivity index (χ1n) is 14.3. The Morgan fingerprint density at radius 1 is 1.09 bits per heavy atom. The topological polar surface area (TPSA) is 117 Å². The largest absolute Gasteiger partial charge is 0.508 e. The number of carbonyl (C=O) groups is 1. The summed E-state index contributed by atoms with van der Waals surface area (Å²) in [6, 6.07) is 10.6. The summed E-state index contributed by atoms with van der Waals surface area (Å²) in [5, 5.41) is 15.7. The zero-order chi connectivity index (χ0) is 30.7. The fourth-order valence-corrected chi connectivity index (χ4v) is 6.49. The average molecular weight is 617 g/mol. The number of carbonyl (C=O) groups excluding carboxylic acids is 1. The van der Waals surface area contributed by atoms with E-state index < -0.39 is 25.6 Å². The van der Waals surface area contributed by atoms with Crippen LogP contribution in [0.15, 0.2) is 42.6 Å². The van der Waals surface area contributed by atoms with Crippen molar-refractivity contribution in [2.75, 3.05) is 30.5 Å². The molecule has 5 rings (SSSR count). The molecule has 2 heterocycles. The summed E-state index contributed by atoms with van der Waals surface area (Å²) in [4.78, 5) is 22.8. The standard InChI is InChI=1S/C30H33F3N5O4P/c1-3-42-43(41)15-14-18-4-8-20(9-5-18)35-29-34-16-24(30(31,32)33)27(37-29)36-25-13-12-22(19-6-10-21(39)11-7-19)23-17-38(2)28(40)26(23)25/h4-5,8-9,12-13,16,19,21,39H,3,6-7,10-11,14-15,17H2,1-2H3,(H-,34,35,36,37,40)/p+1. The van der Waals surface area contributed by atoms with Crippen LogP contribution in [0.1, 0.15) is 71.1 Å². The summed E-state index contributed by atoms with van der Waals surface area (Å²) in [7, 11) is -0.0563. The number of nitrogens with zero attached hydrogens (tertiary/aromatic N) is 3. The van der Waals surface area contributed by atoms with E-state index in [1.165, 1.54) is 0 Å². The molecule has 0 saturated heterocycles. The van der Waals surface area contributed by atoms with Crippen LogP contribution in [0.25, 0.3) is 0 Å². The average Bonchev–Trinajstić information content (AvgIpc) is 3.27. The number of aliphatic hydroxyl groups excluding tert-OH is 1. The molecule has 2 aliphatic rings. The van der Waals surface area contributed by atoms with Crippen LogP contribution in [0.3, 0.4) is 0 Å². The van der Waals surface area contributed by atoms with Crippen molar-refractivity contribution in [3.63, 3.8) is 0 Å². The maximum Gasteiger partial charge on any atom is 0.508 e. The molecule has 0 spiro atoms. The van der Waals surface area contributed by atoms with E-state index in [0.717, 1.165) is 29.5 Å². The summed E-state index contributed by atoms with van der Waals surface area (Å²) in [5.74, 6) is -0.633. The van der Waals surface area contributed by atoms with Crippen LogP contribution >= 0.6 is 8.03 Å². The van der Waals surface area contributed by atoms with Crippen LogP contribution in [0.4, 0.5) is 36.3 Å². The Morgan fingerprint density at radius 2 is 1.81 bits per heavy atom. The van der Waals surface area contributed by atoms with Gasteiger partial charge in [-0.25, -0.2) is 4.98 Å². The van der Waals surface area contributed by atoms with E-state index >= 15 is 0 Å². The van der Waals surface area contributed by atoms with E-state index in [-0.39, 0.29) is 29.6 Å². The molecular weight excluding hydrogens is 582 g/mol. The SMILES string of the molecule is CCO[P+](=O)CCc1ccc(Nc2ncc(C(F)(F)F)c(Nc3ccc(C4CCC(O)CC4)c4c3C(=O)N(C)C4)n2)cc1. The van der Waals surface area contributed by atoms with Crippen LogP contribution < -0.4 is 10.6 Å². The minimum Gasteiger partial charge on any atom is -0.393 e. The molecule has 9 nitrogen and oxygen atoms in total. The molecule has 1 saturated carbocycles. The van der Waals surface area contributed by atoms with Crippen LogP contribution in [0, 0.1) is 0 Å². The second-order valence-corrected chi connectivity index (χ2v) is 12.2. The molecule has 1 fully saturated rings. The van der Waals surface area contributed by atoms with E-state index in [1.54, 1.807) is 37.1 Å². The molecule has 2 aromatic carbocycles. The molecule has 228 valence electrons. The van der Waals surface area contributed by atoms with Crippen molar-refractivity contribution in [3.05, 3.63) is 70.4 Å². The van der Waals surface area contributed by atoms with Crippen molar-refractivity contribution >= 4 is 37.1 Å². The molecule has 1 amide bonds. The van der Waals surface area contributed by atoms with Crippen molar-refractivity contribution in [2.24, 2.45) is 0 Å². The number of aliphatic hydroxyl groups is 1. The van der Waals surface area contributed by atoms with E-state index in [2.05, 4.69) is 20.6 Å². The predicted octanol–water partition coefficient (Wildman–Crippen LogP) is 6.91. The molecule has 3 aromatic rings. The Morgan fingerprint density at radius 3 is 2.49 bits per heavy atom. The van der Waals surface area contributed by atoms with Gasteiger partial charge in [0.25, 0.3) is 5.91 Å². The van der Waals surface area contributed by atoms with Gasteiger partial charge in [-0.15, -0.1) is 4.52 Å². The highest BCUT2D eigenvalue weighted by Gasteiger charge is 2.37. The number of amides is 1.